The molecule has 2 fully saturated rings. The van der Waals surface area contributed by atoms with E-state index in [-0.39, 0.29) is 17.8 Å². The maximum absolute atomic E-state index is 12.8. The Hall–Kier alpha value is -1.63. The molecule has 1 saturated heterocycles. The van der Waals surface area contributed by atoms with Gasteiger partial charge in [0, 0.05) is 12.6 Å². The van der Waals surface area contributed by atoms with Crippen molar-refractivity contribution < 1.29 is 18.0 Å². The van der Waals surface area contributed by atoms with Gasteiger partial charge in [0.2, 0.25) is 5.91 Å². The van der Waals surface area contributed by atoms with Crippen molar-refractivity contribution >= 4 is 11.7 Å². The Morgan fingerprint density at radius 2 is 2.09 bits per heavy atom. The molecule has 1 aliphatic heterocycles. The Labute approximate surface area is 126 Å². The van der Waals surface area contributed by atoms with Crippen LogP contribution in [0.2, 0.25) is 0 Å². The van der Waals surface area contributed by atoms with Crippen LogP contribution in [0.3, 0.4) is 0 Å². The number of hydrogen-bond acceptors (Lipinski definition) is 3. The Morgan fingerprint density at radius 3 is 2.77 bits per heavy atom. The summed E-state index contributed by atoms with van der Waals surface area (Å²) < 4.78 is 38.3. The summed E-state index contributed by atoms with van der Waals surface area (Å²) >= 11 is 0. The fourth-order valence-electron chi connectivity index (χ4n) is 3.60. The number of alkyl halides is 3. The average molecular weight is 313 g/mol. The van der Waals surface area contributed by atoms with E-state index in [9.17, 15) is 18.0 Å². The molecule has 0 aromatic carbocycles. The van der Waals surface area contributed by atoms with E-state index in [1.807, 2.05) is 0 Å². The molecular formula is C15H18F3N3O. The van der Waals surface area contributed by atoms with Crippen LogP contribution in [0.1, 0.15) is 37.8 Å². The number of carbonyl (C=O) groups excluding carboxylic acids is 1. The number of nitrogens with two attached hydrogens (primary N) is 1. The molecule has 2 N–H and O–H groups in total. The van der Waals surface area contributed by atoms with Gasteiger partial charge in [0.1, 0.15) is 11.5 Å². The van der Waals surface area contributed by atoms with Crippen molar-refractivity contribution in [2.24, 2.45) is 11.1 Å². The Bertz CT molecular complexity index is 590. The molecule has 1 aliphatic carbocycles. The molecular weight excluding hydrogens is 295 g/mol. The normalized spacial score (nSPS) is 29.4. The van der Waals surface area contributed by atoms with Gasteiger partial charge in [-0.3, -0.25) is 9.69 Å². The number of halogens is 3. The molecule has 1 aromatic heterocycles. The minimum Gasteiger partial charge on any atom is -0.328 e. The molecule has 7 heteroatoms. The third kappa shape index (κ3) is 2.58. The van der Waals surface area contributed by atoms with Crippen LogP contribution in [0.25, 0.3) is 0 Å². The number of nitrogens with zero attached hydrogens (tertiary/aromatic N) is 2. The van der Waals surface area contributed by atoms with Crippen LogP contribution in [-0.2, 0) is 11.0 Å². The lowest BCUT2D eigenvalue weighted by molar-refractivity contribution is -0.141. The summed E-state index contributed by atoms with van der Waals surface area (Å²) in [7, 11) is 0. The van der Waals surface area contributed by atoms with E-state index < -0.39 is 17.3 Å². The second-order valence-corrected chi connectivity index (χ2v) is 6.22. The van der Waals surface area contributed by atoms with Crippen molar-refractivity contribution in [1.82, 2.24) is 4.98 Å². The lowest BCUT2D eigenvalue weighted by atomic mass is 9.71. The van der Waals surface area contributed by atoms with Crippen molar-refractivity contribution in [1.29, 1.82) is 0 Å². The molecule has 22 heavy (non-hydrogen) atoms. The van der Waals surface area contributed by atoms with E-state index in [1.54, 1.807) is 0 Å². The topological polar surface area (TPSA) is 59.2 Å². The summed E-state index contributed by atoms with van der Waals surface area (Å²) in [4.78, 5) is 17.7. The molecule has 1 saturated carbocycles. The smallest absolute Gasteiger partial charge is 0.328 e. The summed E-state index contributed by atoms with van der Waals surface area (Å²) in [5.41, 5.74) is 4.50. The van der Waals surface area contributed by atoms with Gasteiger partial charge in [0.15, 0.2) is 0 Å². The first-order valence-electron chi connectivity index (χ1n) is 7.44. The molecule has 4 nitrogen and oxygen atoms in total. The summed E-state index contributed by atoms with van der Waals surface area (Å²) in [5, 5.41) is 0. The van der Waals surface area contributed by atoms with Gasteiger partial charge in [-0.1, -0.05) is 12.5 Å². The van der Waals surface area contributed by atoms with E-state index in [2.05, 4.69) is 4.98 Å². The molecule has 0 bridgehead atoms. The minimum absolute atomic E-state index is 0.00730. The quantitative estimate of drug-likeness (QED) is 0.867. The molecule has 1 spiro atoms. The molecule has 0 radical (unpaired) electrons. The zero-order valence-electron chi connectivity index (χ0n) is 12.1. The highest BCUT2D eigenvalue weighted by Gasteiger charge is 2.49. The highest BCUT2D eigenvalue weighted by atomic mass is 19.4. The predicted octanol–water partition coefficient (Wildman–Crippen LogP) is 2.72. The standard InChI is InChI=1S/C15H18F3N3O/c16-15(17,18)11-4-1-5-12(20-11)21-8-7-14(13(21)22)6-2-3-10(19)9-14/h1,4-5,10H,2-3,6-9,19H2. The highest BCUT2D eigenvalue weighted by molar-refractivity contribution is 5.99. The zero-order chi connectivity index (χ0) is 16.0. The fourth-order valence-corrected chi connectivity index (χ4v) is 3.60. The number of carbonyl (C=O) groups is 1. The second-order valence-electron chi connectivity index (χ2n) is 6.22. The molecule has 2 unspecified atom stereocenters. The number of pyridine rings is 1. The summed E-state index contributed by atoms with van der Waals surface area (Å²) in [6, 6.07) is 3.65. The number of hydrogen-bond donors (Lipinski definition) is 1. The third-order valence-electron chi connectivity index (χ3n) is 4.70. The van der Waals surface area contributed by atoms with Crippen LogP contribution in [0, 0.1) is 5.41 Å². The second kappa shape index (κ2) is 5.22. The lowest BCUT2D eigenvalue weighted by Gasteiger charge is -2.34. The van der Waals surface area contributed by atoms with Gasteiger partial charge in [0.05, 0.1) is 5.41 Å². The monoisotopic (exact) mass is 313 g/mol. The van der Waals surface area contributed by atoms with E-state index >= 15 is 0 Å². The number of rotatable bonds is 1. The molecule has 1 amide bonds. The fraction of sp³-hybridized carbons (Fsp3) is 0.600. The van der Waals surface area contributed by atoms with Crippen molar-refractivity contribution in [3.8, 4) is 0 Å². The van der Waals surface area contributed by atoms with Crippen molar-refractivity contribution in [3.63, 3.8) is 0 Å². The Morgan fingerprint density at radius 1 is 1.32 bits per heavy atom. The van der Waals surface area contributed by atoms with Crippen LogP contribution in [-0.4, -0.2) is 23.5 Å². The largest absolute Gasteiger partial charge is 0.433 e. The maximum Gasteiger partial charge on any atom is 0.433 e. The van der Waals surface area contributed by atoms with E-state index in [0.717, 1.165) is 25.3 Å². The number of amides is 1. The molecule has 3 rings (SSSR count). The molecule has 1 aromatic rings. The van der Waals surface area contributed by atoms with Gasteiger partial charge >= 0.3 is 6.18 Å². The van der Waals surface area contributed by atoms with Crippen molar-refractivity contribution in [2.75, 3.05) is 11.4 Å². The van der Waals surface area contributed by atoms with E-state index in [4.69, 9.17) is 5.73 Å². The van der Waals surface area contributed by atoms with Gasteiger partial charge in [-0.15, -0.1) is 0 Å². The van der Waals surface area contributed by atoms with Gasteiger partial charge in [-0.2, -0.15) is 13.2 Å². The summed E-state index contributed by atoms with van der Waals surface area (Å²) in [5.74, 6) is -0.0506. The molecule has 2 aliphatic rings. The average Bonchev–Trinajstić information content (AvgIpc) is 2.75. The van der Waals surface area contributed by atoms with Gasteiger partial charge in [-0.25, -0.2) is 4.98 Å². The minimum atomic E-state index is -4.51. The van der Waals surface area contributed by atoms with E-state index in [1.165, 1.54) is 17.0 Å². The van der Waals surface area contributed by atoms with E-state index in [0.29, 0.717) is 19.4 Å². The first-order chi connectivity index (χ1) is 10.3. The molecule has 2 heterocycles. The van der Waals surface area contributed by atoms with Gasteiger partial charge < -0.3 is 5.73 Å². The first kappa shape index (κ1) is 15.3. The van der Waals surface area contributed by atoms with Crippen LogP contribution in [0.4, 0.5) is 19.0 Å². The number of aromatic nitrogens is 1. The maximum atomic E-state index is 12.8. The first-order valence-corrected chi connectivity index (χ1v) is 7.44. The highest BCUT2D eigenvalue weighted by Crippen LogP contribution is 2.45. The summed E-state index contributed by atoms with van der Waals surface area (Å²) in [6.07, 6.45) is -0.717. The van der Waals surface area contributed by atoms with Crippen LogP contribution in [0.5, 0.6) is 0 Å². The molecule has 2 atom stereocenters. The van der Waals surface area contributed by atoms with Gasteiger partial charge in [0.25, 0.3) is 0 Å². The Kier molecular flexibility index (Phi) is 3.63. The lowest BCUT2D eigenvalue weighted by Crippen LogP contribution is -2.42. The third-order valence-corrected chi connectivity index (χ3v) is 4.70. The SMILES string of the molecule is NC1CCCC2(CCN(c3cccc(C(F)(F)F)n3)C2=O)C1. The van der Waals surface area contributed by atoms with Crippen molar-refractivity contribution in [3.05, 3.63) is 23.9 Å². The number of anilines is 1. The van der Waals surface area contributed by atoms with Crippen molar-refractivity contribution in [2.45, 2.75) is 44.3 Å². The van der Waals surface area contributed by atoms with Crippen LogP contribution >= 0.6 is 0 Å². The molecule has 120 valence electrons. The predicted molar refractivity (Wildman–Crippen MR) is 75.1 cm³/mol. The Balaban J connectivity index is 1.87. The zero-order valence-corrected chi connectivity index (χ0v) is 12.1. The van der Waals surface area contributed by atoms with Gasteiger partial charge in [-0.05, 0) is 37.8 Å². The van der Waals surface area contributed by atoms with Crippen LogP contribution < -0.4 is 10.6 Å². The summed E-state index contributed by atoms with van der Waals surface area (Å²) in [6.45, 7) is 0.403. The van der Waals surface area contributed by atoms with Crippen LogP contribution in [0.15, 0.2) is 18.2 Å².